The van der Waals surface area contributed by atoms with Gasteiger partial charge in [-0.3, -0.25) is 9.48 Å². The van der Waals surface area contributed by atoms with Crippen molar-refractivity contribution in [1.82, 2.24) is 14.8 Å². The van der Waals surface area contributed by atoms with Gasteiger partial charge < -0.3 is 5.11 Å². The Kier molecular flexibility index (Phi) is 3.80. The highest BCUT2D eigenvalue weighted by Crippen LogP contribution is 2.15. The molecule has 6 nitrogen and oxygen atoms in total. The molecular weight excluding hydrogens is 256 g/mol. The zero-order valence-electron chi connectivity index (χ0n) is 11.3. The van der Waals surface area contributed by atoms with Gasteiger partial charge in [0.1, 0.15) is 11.8 Å². The lowest BCUT2D eigenvalue weighted by Crippen LogP contribution is -2.06. The maximum atomic E-state index is 10.8. The molecule has 0 aliphatic carbocycles. The predicted octanol–water partition coefficient (Wildman–Crippen LogP) is 1.44. The van der Waals surface area contributed by atoms with Gasteiger partial charge in [-0.1, -0.05) is 0 Å². The number of pyridine rings is 1. The van der Waals surface area contributed by atoms with E-state index in [9.17, 15) is 4.79 Å². The number of aryl methyl sites for hydroxylation is 1. The Morgan fingerprint density at radius 3 is 2.90 bits per heavy atom. The summed E-state index contributed by atoms with van der Waals surface area (Å²) < 4.78 is 1.75. The van der Waals surface area contributed by atoms with E-state index < -0.39 is 5.97 Å². The van der Waals surface area contributed by atoms with Gasteiger partial charge in [0.15, 0.2) is 0 Å². The Morgan fingerprint density at radius 2 is 2.25 bits per heavy atom. The third-order valence-corrected chi connectivity index (χ3v) is 3.13. The van der Waals surface area contributed by atoms with Crippen molar-refractivity contribution >= 4 is 5.97 Å². The molecule has 6 heteroatoms. The van der Waals surface area contributed by atoms with Gasteiger partial charge in [0.25, 0.3) is 0 Å². The molecule has 0 spiro atoms. The van der Waals surface area contributed by atoms with E-state index in [1.807, 2.05) is 19.1 Å². The monoisotopic (exact) mass is 270 g/mol. The van der Waals surface area contributed by atoms with Gasteiger partial charge in [0.05, 0.1) is 18.7 Å². The second-order valence-corrected chi connectivity index (χ2v) is 4.54. The second kappa shape index (κ2) is 5.53. The minimum Gasteiger partial charge on any atom is -0.481 e. The molecule has 0 aliphatic heterocycles. The molecule has 0 radical (unpaired) electrons. The number of rotatable bonds is 4. The van der Waals surface area contributed by atoms with Crippen LogP contribution >= 0.6 is 0 Å². The van der Waals surface area contributed by atoms with Crippen molar-refractivity contribution in [3.8, 4) is 6.07 Å². The minimum absolute atomic E-state index is 0.0303. The topological polar surface area (TPSA) is 91.8 Å². The van der Waals surface area contributed by atoms with E-state index in [-0.39, 0.29) is 6.42 Å². The molecule has 2 aromatic heterocycles. The molecule has 2 aromatic rings. The lowest BCUT2D eigenvalue weighted by molar-refractivity contribution is -0.136. The summed E-state index contributed by atoms with van der Waals surface area (Å²) in [6.07, 6.45) is 1.55. The molecule has 0 amide bonds. The predicted molar refractivity (Wildman–Crippen MR) is 71.1 cm³/mol. The number of hydrogen-bond acceptors (Lipinski definition) is 4. The van der Waals surface area contributed by atoms with Crippen LogP contribution in [0.4, 0.5) is 0 Å². The third kappa shape index (κ3) is 2.83. The van der Waals surface area contributed by atoms with Crippen LogP contribution in [0.25, 0.3) is 0 Å². The molecule has 0 fully saturated rings. The van der Waals surface area contributed by atoms with Crippen molar-refractivity contribution in [3.05, 3.63) is 46.5 Å². The van der Waals surface area contributed by atoms with Crippen molar-refractivity contribution in [2.24, 2.45) is 0 Å². The number of carbonyl (C=O) groups is 1. The fraction of sp³-hybridized carbons (Fsp3) is 0.286. The quantitative estimate of drug-likeness (QED) is 0.907. The number of aliphatic carboxylic acids is 1. The largest absolute Gasteiger partial charge is 0.481 e. The highest BCUT2D eigenvalue weighted by molar-refractivity contribution is 5.70. The third-order valence-electron chi connectivity index (χ3n) is 3.13. The normalized spacial score (nSPS) is 10.2. The van der Waals surface area contributed by atoms with Crippen molar-refractivity contribution in [1.29, 1.82) is 5.26 Å². The van der Waals surface area contributed by atoms with E-state index >= 15 is 0 Å². The van der Waals surface area contributed by atoms with Gasteiger partial charge >= 0.3 is 5.97 Å². The van der Waals surface area contributed by atoms with E-state index in [4.69, 9.17) is 10.4 Å². The van der Waals surface area contributed by atoms with Crippen molar-refractivity contribution < 1.29 is 9.90 Å². The summed E-state index contributed by atoms with van der Waals surface area (Å²) in [5, 5.41) is 22.1. The molecule has 0 saturated carbocycles. The summed E-state index contributed by atoms with van der Waals surface area (Å²) in [7, 11) is 0. The first kappa shape index (κ1) is 13.7. The second-order valence-electron chi connectivity index (χ2n) is 4.54. The van der Waals surface area contributed by atoms with Gasteiger partial charge in [-0.05, 0) is 31.5 Å². The SMILES string of the molecule is Cc1nn(Cc2ccnc(C#N)c2)c(C)c1CC(=O)O. The first-order valence-electron chi connectivity index (χ1n) is 6.11. The lowest BCUT2D eigenvalue weighted by Gasteiger charge is -2.05. The van der Waals surface area contributed by atoms with E-state index in [2.05, 4.69) is 10.1 Å². The fourth-order valence-electron chi connectivity index (χ4n) is 2.10. The molecule has 0 unspecified atom stereocenters. The smallest absolute Gasteiger partial charge is 0.307 e. The van der Waals surface area contributed by atoms with Crippen LogP contribution in [-0.4, -0.2) is 25.8 Å². The number of nitrogens with zero attached hydrogens (tertiary/aromatic N) is 4. The van der Waals surface area contributed by atoms with Crippen molar-refractivity contribution in [3.63, 3.8) is 0 Å². The maximum Gasteiger partial charge on any atom is 0.307 e. The molecular formula is C14H14N4O2. The minimum atomic E-state index is -0.869. The first-order chi connectivity index (χ1) is 9.51. The Labute approximate surface area is 116 Å². The Hall–Kier alpha value is -2.68. The maximum absolute atomic E-state index is 10.8. The fourth-order valence-corrected chi connectivity index (χ4v) is 2.10. The van der Waals surface area contributed by atoms with E-state index in [1.54, 1.807) is 23.9 Å². The summed E-state index contributed by atoms with van der Waals surface area (Å²) in [5.41, 5.74) is 3.56. The number of nitriles is 1. The zero-order chi connectivity index (χ0) is 14.7. The first-order valence-corrected chi connectivity index (χ1v) is 6.11. The van der Waals surface area contributed by atoms with Crippen molar-refractivity contribution in [2.45, 2.75) is 26.8 Å². The van der Waals surface area contributed by atoms with Gasteiger partial charge in [-0.15, -0.1) is 0 Å². The molecule has 102 valence electrons. The number of aromatic nitrogens is 3. The Morgan fingerprint density at radius 1 is 1.50 bits per heavy atom. The average Bonchev–Trinajstić information content (AvgIpc) is 2.66. The van der Waals surface area contributed by atoms with Gasteiger partial charge in [0.2, 0.25) is 0 Å². The molecule has 2 heterocycles. The molecule has 0 atom stereocenters. The van der Waals surface area contributed by atoms with Crippen LogP contribution in [0.2, 0.25) is 0 Å². The van der Waals surface area contributed by atoms with Crippen LogP contribution in [0.1, 0.15) is 28.2 Å². The van der Waals surface area contributed by atoms with Crippen LogP contribution in [0.5, 0.6) is 0 Å². The zero-order valence-corrected chi connectivity index (χ0v) is 11.3. The summed E-state index contributed by atoms with van der Waals surface area (Å²) >= 11 is 0. The van der Waals surface area contributed by atoms with Crippen LogP contribution in [0.3, 0.4) is 0 Å². The van der Waals surface area contributed by atoms with Gasteiger partial charge in [-0.25, -0.2) is 4.98 Å². The van der Waals surface area contributed by atoms with Crippen LogP contribution in [-0.2, 0) is 17.8 Å². The average molecular weight is 270 g/mol. The summed E-state index contributed by atoms with van der Waals surface area (Å²) in [5.74, 6) is -0.869. The highest BCUT2D eigenvalue weighted by atomic mass is 16.4. The van der Waals surface area contributed by atoms with E-state index in [0.717, 1.165) is 22.5 Å². The number of carboxylic acid groups (broad SMARTS) is 1. The molecule has 0 saturated heterocycles. The molecule has 2 rings (SSSR count). The molecule has 20 heavy (non-hydrogen) atoms. The Balaban J connectivity index is 2.30. The lowest BCUT2D eigenvalue weighted by atomic mass is 10.1. The molecule has 0 bridgehead atoms. The summed E-state index contributed by atoms with van der Waals surface area (Å²) in [4.78, 5) is 14.8. The molecule has 0 aliphatic rings. The standard InChI is InChI=1S/C14H14N4O2/c1-9-13(6-14(19)20)10(2)18(17-9)8-11-3-4-16-12(5-11)7-15/h3-5H,6,8H2,1-2H3,(H,19,20). The number of hydrogen-bond donors (Lipinski definition) is 1. The Bertz CT molecular complexity index is 698. The van der Waals surface area contributed by atoms with E-state index in [0.29, 0.717) is 12.2 Å². The number of carboxylic acids is 1. The molecule has 0 aromatic carbocycles. The van der Waals surface area contributed by atoms with Gasteiger partial charge in [-0.2, -0.15) is 10.4 Å². The van der Waals surface area contributed by atoms with Crippen LogP contribution in [0.15, 0.2) is 18.3 Å². The van der Waals surface area contributed by atoms with Crippen LogP contribution < -0.4 is 0 Å². The van der Waals surface area contributed by atoms with Crippen LogP contribution in [0, 0.1) is 25.2 Å². The van der Waals surface area contributed by atoms with Gasteiger partial charge in [0, 0.05) is 17.5 Å². The summed E-state index contributed by atoms with van der Waals surface area (Å²) in [6.45, 7) is 4.14. The highest BCUT2D eigenvalue weighted by Gasteiger charge is 2.14. The van der Waals surface area contributed by atoms with E-state index in [1.165, 1.54) is 0 Å². The summed E-state index contributed by atoms with van der Waals surface area (Å²) in [6, 6.07) is 5.51. The molecule has 1 N–H and O–H groups in total. The van der Waals surface area contributed by atoms with Crippen molar-refractivity contribution in [2.75, 3.05) is 0 Å².